The van der Waals surface area contributed by atoms with Gasteiger partial charge in [-0.3, -0.25) is 9.59 Å². The van der Waals surface area contributed by atoms with E-state index >= 15 is 0 Å². The van der Waals surface area contributed by atoms with Crippen molar-refractivity contribution < 1.29 is 58.6 Å². The molecule has 71 heavy (non-hydrogen) atoms. The second-order valence-corrected chi connectivity index (χ2v) is 21.0. The summed E-state index contributed by atoms with van der Waals surface area (Å²) in [5, 5.41) is 18.5. The molecular formula is C44H58ClF4N11O9S2. The zero-order chi connectivity index (χ0) is 52.0. The summed E-state index contributed by atoms with van der Waals surface area (Å²) in [5.41, 5.74) is 10.2. The van der Waals surface area contributed by atoms with E-state index in [1.165, 1.54) is 22.8 Å². The van der Waals surface area contributed by atoms with Gasteiger partial charge in [0.1, 0.15) is 34.3 Å². The molecule has 8 N–H and O–H groups in total. The minimum Gasteiger partial charge on any atom is -0.496 e. The van der Waals surface area contributed by atoms with Crippen LogP contribution in [0.25, 0.3) is 0 Å². The average Bonchev–Trinajstić information content (AvgIpc) is 3.35. The SMILES string of the molecule is CC[C@@H](CO)NCCCS(=O)(=O)N1CCC(Nc2ncc(C(=O)c3c(OC)ccc(F)c3F)c(N)n2)CC1.COc1ccc(F)c(F)c1C(=O)c1cnc(NC2CCN(S(=O)(=O)CCCCl)CC2)nc1N. The Morgan fingerprint density at radius 2 is 1.15 bits per heavy atom. The van der Waals surface area contributed by atoms with Crippen LogP contribution in [0.15, 0.2) is 36.7 Å². The van der Waals surface area contributed by atoms with Gasteiger partial charge in [-0.25, -0.2) is 53.0 Å². The van der Waals surface area contributed by atoms with Gasteiger partial charge in [0.2, 0.25) is 43.5 Å². The number of ketones is 2. The quantitative estimate of drug-likeness (QED) is 0.0281. The number of benzene rings is 2. The van der Waals surface area contributed by atoms with Crippen LogP contribution in [0.3, 0.4) is 0 Å². The lowest BCUT2D eigenvalue weighted by Crippen LogP contribution is -2.44. The summed E-state index contributed by atoms with van der Waals surface area (Å²) in [6.07, 6.45) is 5.92. The summed E-state index contributed by atoms with van der Waals surface area (Å²) in [5.74, 6) is -7.10. The van der Waals surface area contributed by atoms with Crippen LogP contribution in [0, 0.1) is 23.3 Å². The molecule has 0 saturated carbocycles. The number of aliphatic hydroxyl groups is 1. The first-order valence-electron chi connectivity index (χ1n) is 22.6. The highest BCUT2D eigenvalue weighted by molar-refractivity contribution is 7.89. The van der Waals surface area contributed by atoms with Crippen LogP contribution in [0.4, 0.5) is 41.1 Å². The van der Waals surface area contributed by atoms with Crippen molar-refractivity contribution in [3.05, 3.63) is 82.2 Å². The van der Waals surface area contributed by atoms with Crippen LogP contribution in [0.2, 0.25) is 0 Å². The second kappa shape index (κ2) is 25.7. The van der Waals surface area contributed by atoms with Gasteiger partial charge in [0, 0.05) is 62.6 Å². The van der Waals surface area contributed by atoms with E-state index in [1.807, 2.05) is 6.92 Å². The molecule has 0 unspecified atom stereocenters. The molecule has 2 saturated heterocycles. The Hall–Kier alpha value is -5.51. The zero-order valence-corrected chi connectivity index (χ0v) is 41.7. The Morgan fingerprint density at radius 3 is 1.51 bits per heavy atom. The molecule has 4 aromatic rings. The number of sulfonamides is 2. The molecule has 27 heteroatoms. The number of anilines is 4. The monoisotopic (exact) mass is 1060 g/mol. The number of nitrogens with zero attached hydrogens (tertiary/aromatic N) is 6. The standard InChI is InChI=1S/C24H34F2N6O5S.C20H24ClF2N5O4S/c1-3-15(14-33)28-9-4-12-38(35,36)32-10-7-16(8-11-32)30-24-29-13-17(23(27)31-24)22(34)20-19(37-2)6-5-18(25)21(20)26;1-32-15-4-3-14(22)17(23)16(15)18(29)13-11-25-20(27-19(13)24)26-12-5-8-28(9-6-12)33(30,31)10-2-7-21/h5-6,13,15-16,28,33H,3-4,7-12,14H2,1-2H3,(H3,27,29,30,31);3-4,11-12H,2,5-10H2,1H3,(H3,24,25,26,27)/t15-;/m0./s1. The molecule has 4 heterocycles. The topological polar surface area (TPSA) is 287 Å². The van der Waals surface area contributed by atoms with E-state index in [9.17, 15) is 49.1 Å². The van der Waals surface area contributed by atoms with Crippen molar-refractivity contribution in [3.63, 3.8) is 0 Å². The van der Waals surface area contributed by atoms with Gasteiger partial charge in [0.05, 0.1) is 43.5 Å². The summed E-state index contributed by atoms with van der Waals surface area (Å²) in [7, 11) is -4.29. The number of ether oxygens (including phenoxy) is 2. The normalized spacial score (nSPS) is 15.6. The third kappa shape index (κ3) is 14.6. The van der Waals surface area contributed by atoms with Gasteiger partial charge in [-0.1, -0.05) is 6.92 Å². The minimum absolute atomic E-state index is 0.0124. The Labute approximate surface area is 414 Å². The highest BCUT2D eigenvalue weighted by Crippen LogP contribution is 2.30. The number of carbonyl (C=O) groups is 2. The molecule has 1 atom stereocenters. The van der Waals surface area contributed by atoms with E-state index in [2.05, 4.69) is 35.9 Å². The Balaban J connectivity index is 0.000000267. The van der Waals surface area contributed by atoms with E-state index < -0.39 is 66.0 Å². The number of nitrogens with one attached hydrogen (secondary N) is 3. The lowest BCUT2D eigenvalue weighted by Gasteiger charge is -2.31. The van der Waals surface area contributed by atoms with Crippen molar-refractivity contribution in [2.45, 2.75) is 70.0 Å². The first-order valence-corrected chi connectivity index (χ1v) is 26.3. The van der Waals surface area contributed by atoms with Gasteiger partial charge in [-0.15, -0.1) is 11.6 Å². The Bertz CT molecular complexity index is 2720. The number of carbonyl (C=O) groups excluding carboxylic acids is 2. The van der Waals surface area contributed by atoms with E-state index in [0.29, 0.717) is 71.2 Å². The van der Waals surface area contributed by atoms with Gasteiger partial charge in [0.25, 0.3) is 0 Å². The minimum atomic E-state index is -3.40. The van der Waals surface area contributed by atoms with Gasteiger partial charge in [0.15, 0.2) is 23.3 Å². The van der Waals surface area contributed by atoms with Crippen molar-refractivity contribution in [1.29, 1.82) is 0 Å². The molecule has 2 fully saturated rings. The number of rotatable bonds is 22. The number of nitrogen functional groups attached to an aromatic ring is 2. The largest absolute Gasteiger partial charge is 0.496 e. The molecule has 0 aliphatic carbocycles. The van der Waals surface area contributed by atoms with Crippen molar-refractivity contribution >= 4 is 66.7 Å². The number of hydrogen-bond donors (Lipinski definition) is 6. The molecule has 0 radical (unpaired) electrons. The third-order valence-electron chi connectivity index (χ3n) is 11.8. The van der Waals surface area contributed by atoms with Crippen molar-refractivity contribution in [2.24, 2.45) is 0 Å². The third-order valence-corrected chi connectivity index (χ3v) is 15.9. The summed E-state index contributed by atoms with van der Waals surface area (Å²) < 4.78 is 119. The molecular weight excluding hydrogens is 1000 g/mol. The number of alkyl halides is 1. The van der Waals surface area contributed by atoms with Gasteiger partial charge in [-0.05, 0) is 75.8 Å². The molecule has 0 bridgehead atoms. The predicted molar refractivity (Wildman–Crippen MR) is 259 cm³/mol. The molecule has 2 aromatic carbocycles. The van der Waals surface area contributed by atoms with Crippen molar-refractivity contribution in [2.75, 3.05) is 93.0 Å². The van der Waals surface area contributed by atoms with Gasteiger partial charge >= 0.3 is 0 Å². The van der Waals surface area contributed by atoms with Crippen LogP contribution in [0.5, 0.6) is 11.5 Å². The maximum Gasteiger partial charge on any atom is 0.224 e. The maximum atomic E-state index is 14.3. The zero-order valence-electron chi connectivity index (χ0n) is 39.3. The molecule has 6 rings (SSSR count). The molecule has 390 valence electrons. The lowest BCUT2D eigenvalue weighted by atomic mass is 10.0. The second-order valence-electron chi connectivity index (χ2n) is 16.4. The van der Waals surface area contributed by atoms with Crippen molar-refractivity contribution in [3.8, 4) is 11.5 Å². The summed E-state index contributed by atoms with van der Waals surface area (Å²) in [4.78, 5) is 42.0. The Kier molecular flexibility index (Phi) is 20.5. The summed E-state index contributed by atoms with van der Waals surface area (Å²) in [6.45, 7) is 3.80. The van der Waals surface area contributed by atoms with E-state index in [-0.39, 0.29) is 88.3 Å². The molecule has 2 aliphatic rings. The number of methoxy groups -OCH3 is 2. The van der Waals surface area contributed by atoms with E-state index in [4.69, 9.17) is 32.5 Å². The number of halogens is 5. The summed E-state index contributed by atoms with van der Waals surface area (Å²) >= 11 is 5.59. The van der Waals surface area contributed by atoms with Crippen LogP contribution in [0.1, 0.15) is 83.7 Å². The van der Waals surface area contributed by atoms with Crippen LogP contribution in [-0.2, 0) is 20.0 Å². The lowest BCUT2D eigenvalue weighted by molar-refractivity contribution is 0.102. The molecule has 2 aromatic heterocycles. The molecule has 0 amide bonds. The average molecular weight is 1060 g/mol. The first kappa shape index (κ1) is 56.4. The predicted octanol–water partition coefficient (Wildman–Crippen LogP) is 3.94. The fourth-order valence-corrected chi connectivity index (χ4v) is 11.1. The number of piperidine rings is 2. The Morgan fingerprint density at radius 1 is 0.746 bits per heavy atom. The fraction of sp³-hybridized carbons (Fsp3) is 0.500. The van der Waals surface area contributed by atoms with E-state index in [1.54, 1.807) is 0 Å². The number of aliphatic hydroxyl groups excluding tert-OH is 1. The van der Waals surface area contributed by atoms with Crippen LogP contribution >= 0.6 is 11.6 Å². The highest BCUT2D eigenvalue weighted by atomic mass is 35.5. The number of nitrogens with two attached hydrogens (primary N) is 2. The van der Waals surface area contributed by atoms with Gasteiger partial charge in [-0.2, -0.15) is 9.97 Å². The first-order chi connectivity index (χ1) is 33.8. The van der Waals surface area contributed by atoms with E-state index in [0.717, 1.165) is 43.1 Å². The highest BCUT2D eigenvalue weighted by Gasteiger charge is 2.31. The molecule has 2 aliphatic heterocycles. The molecule has 0 spiro atoms. The maximum absolute atomic E-state index is 14.3. The van der Waals surface area contributed by atoms with Crippen LogP contribution < -0.4 is 36.9 Å². The smallest absolute Gasteiger partial charge is 0.224 e. The number of aromatic nitrogens is 4. The fourth-order valence-electron chi connectivity index (χ4n) is 7.69. The molecule has 20 nitrogen and oxygen atoms in total. The van der Waals surface area contributed by atoms with Crippen LogP contribution in [-0.4, -0.2) is 151 Å². The van der Waals surface area contributed by atoms with Crippen molar-refractivity contribution in [1.82, 2.24) is 33.9 Å². The van der Waals surface area contributed by atoms with Gasteiger partial charge < -0.3 is 42.0 Å². The number of hydrogen-bond acceptors (Lipinski definition) is 18. The summed E-state index contributed by atoms with van der Waals surface area (Å²) in [6, 6.07) is 3.72.